The Morgan fingerprint density at radius 2 is 1.87 bits per heavy atom. The summed E-state index contributed by atoms with van der Waals surface area (Å²) in [7, 11) is 1.62. The Kier molecular flexibility index (Phi) is 5.99. The smallest absolute Gasteiger partial charge is 0.230 e. The van der Waals surface area contributed by atoms with Crippen LogP contribution in [0, 0.1) is 0 Å². The van der Waals surface area contributed by atoms with Crippen molar-refractivity contribution in [3.05, 3.63) is 78.6 Å². The second-order valence-electron chi connectivity index (χ2n) is 6.80. The van der Waals surface area contributed by atoms with E-state index in [0.717, 1.165) is 22.0 Å². The van der Waals surface area contributed by atoms with Crippen LogP contribution in [0.4, 0.5) is 0 Å². The lowest BCUT2D eigenvalue weighted by atomic mass is 10.00. The van der Waals surface area contributed by atoms with Gasteiger partial charge in [0, 0.05) is 0 Å². The van der Waals surface area contributed by atoms with Crippen molar-refractivity contribution in [2.24, 2.45) is 0 Å². The minimum absolute atomic E-state index is 0.0602. The number of carbonyl (C=O) groups is 1. The van der Waals surface area contributed by atoms with E-state index in [9.17, 15) is 4.79 Å². The Hall–Kier alpha value is -3.32. The number of benzene rings is 3. The van der Waals surface area contributed by atoms with Gasteiger partial charge < -0.3 is 10.1 Å². The van der Waals surface area contributed by atoms with Gasteiger partial charge >= 0.3 is 0 Å². The number of aromatic nitrogens is 3. The van der Waals surface area contributed by atoms with Gasteiger partial charge in [0.1, 0.15) is 12.1 Å². The van der Waals surface area contributed by atoms with E-state index in [0.29, 0.717) is 10.9 Å². The zero-order valence-corrected chi connectivity index (χ0v) is 17.6. The maximum atomic E-state index is 12.6. The summed E-state index contributed by atoms with van der Waals surface area (Å²) in [5, 5.41) is 14.2. The van der Waals surface area contributed by atoms with E-state index in [1.807, 2.05) is 54.0 Å². The van der Waals surface area contributed by atoms with Crippen molar-refractivity contribution >= 4 is 28.4 Å². The van der Waals surface area contributed by atoms with E-state index < -0.39 is 0 Å². The van der Waals surface area contributed by atoms with Crippen LogP contribution in [0.3, 0.4) is 0 Å². The average molecular weight is 419 g/mol. The molecule has 1 N–H and O–H groups in total. The molecule has 1 aromatic heterocycles. The molecule has 0 aliphatic rings. The maximum absolute atomic E-state index is 12.6. The lowest BCUT2D eigenvalue weighted by molar-refractivity contribution is -0.119. The van der Waals surface area contributed by atoms with Crippen molar-refractivity contribution < 1.29 is 9.53 Å². The fourth-order valence-electron chi connectivity index (χ4n) is 3.44. The SMILES string of the molecule is COc1ccccc1-n1cnnc1SCC(=O)NC(C)c1cccc2ccccc12. The van der Waals surface area contributed by atoms with E-state index in [1.165, 1.54) is 11.8 Å². The molecule has 4 rings (SSSR count). The molecule has 4 aromatic rings. The van der Waals surface area contributed by atoms with Gasteiger partial charge in [-0.05, 0) is 35.4 Å². The molecule has 1 atom stereocenters. The average Bonchev–Trinajstić information content (AvgIpc) is 3.25. The van der Waals surface area contributed by atoms with Crippen molar-refractivity contribution in [3.63, 3.8) is 0 Å². The predicted octanol–water partition coefficient (Wildman–Crippen LogP) is 4.40. The van der Waals surface area contributed by atoms with Gasteiger partial charge in [0.25, 0.3) is 0 Å². The van der Waals surface area contributed by atoms with E-state index >= 15 is 0 Å². The number of hydrogen-bond acceptors (Lipinski definition) is 5. The Labute approximate surface area is 179 Å². The first-order valence-corrected chi connectivity index (χ1v) is 10.6. The molecule has 1 unspecified atom stereocenters. The molecule has 3 aromatic carbocycles. The lowest BCUT2D eigenvalue weighted by Crippen LogP contribution is -2.28. The van der Waals surface area contributed by atoms with Crippen LogP contribution in [0.15, 0.2) is 78.2 Å². The van der Waals surface area contributed by atoms with Gasteiger partial charge in [-0.25, -0.2) is 0 Å². The third-order valence-corrected chi connectivity index (χ3v) is 5.80. The van der Waals surface area contributed by atoms with Crippen LogP contribution >= 0.6 is 11.8 Å². The Morgan fingerprint density at radius 1 is 1.10 bits per heavy atom. The van der Waals surface area contributed by atoms with Gasteiger partial charge in [0.2, 0.25) is 5.91 Å². The molecule has 0 fully saturated rings. The topological polar surface area (TPSA) is 69.0 Å². The third-order valence-electron chi connectivity index (χ3n) is 4.86. The molecule has 30 heavy (non-hydrogen) atoms. The predicted molar refractivity (Wildman–Crippen MR) is 119 cm³/mol. The number of rotatable bonds is 7. The van der Waals surface area contributed by atoms with E-state index in [1.54, 1.807) is 13.4 Å². The second-order valence-corrected chi connectivity index (χ2v) is 7.74. The minimum atomic E-state index is -0.101. The van der Waals surface area contributed by atoms with Crippen LogP contribution in [0.25, 0.3) is 16.5 Å². The molecular weight excluding hydrogens is 396 g/mol. The van der Waals surface area contributed by atoms with E-state index in [2.05, 4.69) is 39.8 Å². The molecule has 0 spiro atoms. The first kappa shape index (κ1) is 20.0. The number of nitrogens with zero attached hydrogens (tertiary/aromatic N) is 3. The van der Waals surface area contributed by atoms with Gasteiger partial charge in [-0.3, -0.25) is 9.36 Å². The summed E-state index contributed by atoms with van der Waals surface area (Å²) in [4.78, 5) is 12.6. The van der Waals surface area contributed by atoms with Gasteiger partial charge in [0.15, 0.2) is 5.16 Å². The summed E-state index contributed by atoms with van der Waals surface area (Å²) in [5.41, 5.74) is 1.93. The molecule has 0 radical (unpaired) electrons. The van der Waals surface area contributed by atoms with E-state index in [-0.39, 0.29) is 17.7 Å². The molecule has 0 bridgehead atoms. The summed E-state index contributed by atoms with van der Waals surface area (Å²) in [6.07, 6.45) is 1.62. The van der Waals surface area contributed by atoms with Crippen LogP contribution in [0.2, 0.25) is 0 Å². The standard InChI is InChI=1S/C23H22N4O2S/c1-16(18-11-7-9-17-8-3-4-10-19(17)18)25-22(28)14-30-23-26-24-15-27(23)20-12-5-6-13-21(20)29-2/h3-13,15-16H,14H2,1-2H3,(H,25,28). The first-order valence-electron chi connectivity index (χ1n) is 9.60. The highest BCUT2D eigenvalue weighted by atomic mass is 32.2. The number of amides is 1. The monoisotopic (exact) mass is 418 g/mol. The highest BCUT2D eigenvalue weighted by Gasteiger charge is 2.15. The molecule has 6 nitrogen and oxygen atoms in total. The van der Waals surface area contributed by atoms with E-state index in [4.69, 9.17) is 4.74 Å². The zero-order valence-electron chi connectivity index (χ0n) is 16.8. The number of ether oxygens (including phenoxy) is 1. The zero-order chi connectivity index (χ0) is 20.9. The van der Waals surface area contributed by atoms with Crippen molar-refractivity contribution in [2.45, 2.75) is 18.1 Å². The molecule has 1 amide bonds. The van der Waals surface area contributed by atoms with Crippen molar-refractivity contribution in [1.82, 2.24) is 20.1 Å². The Bertz CT molecular complexity index is 1170. The van der Waals surface area contributed by atoms with Gasteiger partial charge in [-0.1, -0.05) is 66.4 Å². The molecule has 0 saturated heterocycles. The number of methoxy groups -OCH3 is 1. The van der Waals surface area contributed by atoms with Gasteiger partial charge in [0.05, 0.1) is 24.6 Å². The van der Waals surface area contributed by atoms with Crippen LogP contribution in [0.1, 0.15) is 18.5 Å². The van der Waals surface area contributed by atoms with Crippen LogP contribution < -0.4 is 10.1 Å². The molecule has 0 aliphatic carbocycles. The molecule has 152 valence electrons. The number of thioether (sulfide) groups is 1. The number of carbonyl (C=O) groups excluding carboxylic acids is 1. The minimum Gasteiger partial charge on any atom is -0.495 e. The number of nitrogens with one attached hydrogen (secondary N) is 1. The summed E-state index contributed by atoms with van der Waals surface area (Å²) in [6, 6.07) is 21.9. The van der Waals surface area contributed by atoms with Gasteiger partial charge in [-0.2, -0.15) is 0 Å². The highest BCUT2D eigenvalue weighted by Crippen LogP contribution is 2.27. The van der Waals surface area contributed by atoms with Crippen LogP contribution in [-0.4, -0.2) is 33.5 Å². The third kappa shape index (κ3) is 4.16. The maximum Gasteiger partial charge on any atom is 0.230 e. The summed E-state index contributed by atoms with van der Waals surface area (Å²) < 4.78 is 7.25. The van der Waals surface area contributed by atoms with Crippen molar-refractivity contribution in [1.29, 1.82) is 0 Å². The molecular formula is C23H22N4O2S. The number of hydrogen-bond donors (Lipinski definition) is 1. The fraction of sp³-hybridized carbons (Fsp3) is 0.174. The Balaban J connectivity index is 1.44. The van der Waals surface area contributed by atoms with Crippen LogP contribution in [-0.2, 0) is 4.79 Å². The lowest BCUT2D eigenvalue weighted by Gasteiger charge is -2.16. The molecule has 7 heteroatoms. The number of fused-ring (bicyclic) bond motifs is 1. The quantitative estimate of drug-likeness (QED) is 0.451. The molecule has 0 saturated carbocycles. The molecule has 1 heterocycles. The van der Waals surface area contributed by atoms with Crippen LogP contribution in [0.5, 0.6) is 5.75 Å². The normalized spacial score (nSPS) is 11.9. The summed E-state index contributed by atoms with van der Waals surface area (Å²) in [6.45, 7) is 2.00. The number of para-hydroxylation sites is 2. The summed E-state index contributed by atoms with van der Waals surface area (Å²) >= 11 is 1.34. The first-order chi connectivity index (χ1) is 14.7. The fourth-order valence-corrected chi connectivity index (χ4v) is 4.17. The largest absolute Gasteiger partial charge is 0.495 e. The second kappa shape index (κ2) is 9.00. The van der Waals surface area contributed by atoms with Gasteiger partial charge in [-0.15, -0.1) is 10.2 Å². The summed E-state index contributed by atoms with van der Waals surface area (Å²) in [5.74, 6) is 0.895. The highest BCUT2D eigenvalue weighted by molar-refractivity contribution is 7.99. The van der Waals surface area contributed by atoms with Crippen molar-refractivity contribution in [3.8, 4) is 11.4 Å². The Morgan fingerprint density at radius 3 is 2.73 bits per heavy atom. The van der Waals surface area contributed by atoms with Crippen molar-refractivity contribution in [2.75, 3.05) is 12.9 Å². The molecule has 0 aliphatic heterocycles.